The summed E-state index contributed by atoms with van der Waals surface area (Å²) in [5, 5.41) is 15.9. The van der Waals surface area contributed by atoms with Crippen molar-refractivity contribution in [1.82, 2.24) is 0 Å². The molecule has 0 aromatic rings. The summed E-state index contributed by atoms with van der Waals surface area (Å²) in [6, 6.07) is 0. The molecular weight excluding hydrogens is 335 g/mol. The summed E-state index contributed by atoms with van der Waals surface area (Å²) in [6.07, 6.45) is 0. The summed E-state index contributed by atoms with van der Waals surface area (Å²) in [6.45, 7) is 1.12. The van der Waals surface area contributed by atoms with Crippen molar-refractivity contribution in [2.75, 3.05) is 0 Å². The van der Waals surface area contributed by atoms with Gasteiger partial charge in [-0.1, -0.05) is 0 Å². The molecule has 0 aliphatic carbocycles. The number of aliphatic carboxylic acids is 2. The Kier molecular flexibility index (Phi) is 19.5. The molecule has 0 amide bonds. The van der Waals surface area contributed by atoms with Crippen LogP contribution in [0.25, 0.3) is 12.3 Å². The average molecular weight is 345 g/mol. The second-order valence-corrected chi connectivity index (χ2v) is 1.40. The first-order valence-corrected chi connectivity index (χ1v) is 2.01. The first kappa shape index (κ1) is 22.4. The molecule has 0 unspecified atom stereocenters. The first-order chi connectivity index (χ1) is 3.55. The maximum atomic E-state index is 9.76. The summed E-state index contributed by atoms with van der Waals surface area (Å²) in [4.78, 5) is 19.5. The number of rotatable bonds is 2. The molecule has 6 N–H and O–H groups in total. The fraction of sp³-hybridized carbons (Fsp3) is 0.500. The van der Waals surface area contributed by atoms with E-state index >= 15 is 0 Å². The molecular formula is C4H10N2O4Pt. The third-order valence-corrected chi connectivity index (χ3v) is 0.741. The Labute approximate surface area is 78.4 Å². The second kappa shape index (κ2) is 9.55. The van der Waals surface area contributed by atoms with Crippen molar-refractivity contribution in [3.63, 3.8) is 0 Å². The maximum Gasteiger partial charge on any atom is 2.00 e. The summed E-state index contributed by atoms with van der Waals surface area (Å²) in [5.41, 5.74) is 0. The van der Waals surface area contributed by atoms with Gasteiger partial charge in [0.1, 0.15) is 0 Å². The van der Waals surface area contributed by atoms with Crippen molar-refractivity contribution in [2.45, 2.75) is 6.92 Å². The predicted molar refractivity (Wildman–Crippen MR) is 35.0 cm³/mol. The van der Waals surface area contributed by atoms with Gasteiger partial charge in [-0.2, -0.15) is 0 Å². The van der Waals surface area contributed by atoms with Gasteiger partial charge >= 0.3 is 33.0 Å². The van der Waals surface area contributed by atoms with Gasteiger partial charge in [-0.3, -0.25) is 9.59 Å². The normalized spacial score (nSPS) is 6.73. The van der Waals surface area contributed by atoms with E-state index in [1.807, 2.05) is 0 Å². The van der Waals surface area contributed by atoms with Crippen molar-refractivity contribution < 1.29 is 40.9 Å². The van der Waals surface area contributed by atoms with Crippen molar-refractivity contribution in [3.8, 4) is 0 Å². The molecule has 11 heavy (non-hydrogen) atoms. The van der Waals surface area contributed by atoms with Gasteiger partial charge < -0.3 is 22.5 Å². The summed E-state index contributed by atoms with van der Waals surface area (Å²) >= 11 is 0. The zero-order chi connectivity index (χ0) is 6.73. The van der Waals surface area contributed by atoms with E-state index in [4.69, 9.17) is 10.2 Å². The van der Waals surface area contributed by atoms with E-state index in [-0.39, 0.29) is 33.4 Å². The number of carboxylic acid groups (broad SMARTS) is 2. The molecule has 0 aromatic heterocycles. The standard InChI is InChI=1S/C4H6O4.2H2N.Pt/c1-2(3(5)6)4(7)8;;;/h2H,1H3,(H,5,6)(H,7,8);2*1H2;/q;2*-1;+2. The van der Waals surface area contributed by atoms with E-state index in [0.29, 0.717) is 0 Å². The first-order valence-electron chi connectivity index (χ1n) is 2.01. The van der Waals surface area contributed by atoms with Gasteiger partial charge in [0.25, 0.3) is 0 Å². The Morgan fingerprint density at radius 3 is 1.27 bits per heavy atom. The Morgan fingerprint density at radius 2 is 1.27 bits per heavy atom. The molecule has 0 saturated carbocycles. The van der Waals surface area contributed by atoms with Gasteiger partial charge in [0, 0.05) is 0 Å². The van der Waals surface area contributed by atoms with Gasteiger partial charge in [-0.25, -0.2) is 0 Å². The fourth-order valence-electron chi connectivity index (χ4n) is 0.106. The quantitative estimate of drug-likeness (QED) is 0.726. The number of hydrogen-bond acceptors (Lipinski definition) is 2. The third-order valence-electron chi connectivity index (χ3n) is 0.741. The van der Waals surface area contributed by atoms with Crippen LogP contribution >= 0.6 is 0 Å². The van der Waals surface area contributed by atoms with Crippen LogP contribution in [0.3, 0.4) is 0 Å². The minimum atomic E-state index is -1.31. The molecule has 0 bridgehead atoms. The van der Waals surface area contributed by atoms with Crippen LogP contribution in [0.2, 0.25) is 0 Å². The molecule has 0 spiro atoms. The van der Waals surface area contributed by atoms with Crippen LogP contribution in [0.15, 0.2) is 0 Å². The van der Waals surface area contributed by atoms with Crippen molar-refractivity contribution >= 4 is 11.9 Å². The van der Waals surface area contributed by atoms with Crippen LogP contribution in [-0.4, -0.2) is 22.2 Å². The minimum Gasteiger partial charge on any atom is -0.693 e. The van der Waals surface area contributed by atoms with Crippen LogP contribution < -0.4 is 0 Å². The summed E-state index contributed by atoms with van der Waals surface area (Å²) < 4.78 is 0. The van der Waals surface area contributed by atoms with E-state index in [1.165, 1.54) is 0 Å². The van der Waals surface area contributed by atoms with Gasteiger partial charge in [-0.15, -0.1) is 0 Å². The van der Waals surface area contributed by atoms with E-state index in [9.17, 15) is 9.59 Å². The van der Waals surface area contributed by atoms with Crippen LogP contribution in [0.5, 0.6) is 0 Å². The largest absolute Gasteiger partial charge is 2.00 e. The Balaban J connectivity index is -0.0000000817. The zero-order valence-corrected chi connectivity index (χ0v) is 8.03. The molecule has 0 fully saturated rings. The van der Waals surface area contributed by atoms with Gasteiger partial charge in [0.05, 0.1) is 0 Å². The molecule has 0 aliphatic heterocycles. The van der Waals surface area contributed by atoms with Crippen LogP contribution in [0, 0.1) is 5.92 Å². The van der Waals surface area contributed by atoms with Crippen molar-refractivity contribution in [1.29, 1.82) is 0 Å². The molecule has 0 atom stereocenters. The summed E-state index contributed by atoms with van der Waals surface area (Å²) in [5.74, 6) is -3.91. The van der Waals surface area contributed by atoms with Crippen molar-refractivity contribution in [3.05, 3.63) is 12.3 Å². The predicted octanol–water partition coefficient (Wildman–Crippen LogP) is 1.22. The molecule has 6 nitrogen and oxygen atoms in total. The molecule has 0 aromatic carbocycles. The summed E-state index contributed by atoms with van der Waals surface area (Å²) in [7, 11) is 0. The third kappa shape index (κ3) is 9.55. The van der Waals surface area contributed by atoms with E-state index in [1.54, 1.807) is 0 Å². The maximum absolute atomic E-state index is 9.76. The van der Waals surface area contributed by atoms with E-state index < -0.39 is 17.9 Å². The molecule has 7 heteroatoms. The van der Waals surface area contributed by atoms with Crippen LogP contribution in [0.1, 0.15) is 6.92 Å². The molecule has 0 aliphatic rings. The Morgan fingerprint density at radius 1 is 1.09 bits per heavy atom. The average Bonchev–Trinajstić information content (AvgIpc) is 1.64. The topological polar surface area (TPSA) is 142 Å². The molecule has 0 radical (unpaired) electrons. The smallest absolute Gasteiger partial charge is 0.693 e. The van der Waals surface area contributed by atoms with E-state index in [2.05, 4.69) is 0 Å². The zero-order valence-electron chi connectivity index (χ0n) is 5.76. The number of carboxylic acids is 2. The molecule has 0 rings (SSSR count). The molecule has 70 valence electrons. The molecule has 0 heterocycles. The fourth-order valence-corrected chi connectivity index (χ4v) is 0.106. The monoisotopic (exact) mass is 345 g/mol. The Hall–Kier alpha value is -0.452. The van der Waals surface area contributed by atoms with Gasteiger partial charge in [-0.05, 0) is 6.92 Å². The minimum absolute atomic E-state index is 0. The number of hydrogen-bond donors (Lipinski definition) is 2. The number of carbonyl (C=O) groups is 2. The van der Waals surface area contributed by atoms with Crippen LogP contribution in [-0.2, 0) is 30.7 Å². The van der Waals surface area contributed by atoms with Crippen molar-refractivity contribution in [2.24, 2.45) is 5.92 Å². The van der Waals surface area contributed by atoms with Crippen LogP contribution in [0.4, 0.5) is 0 Å². The molecule has 0 saturated heterocycles. The number of nitrogens with two attached hydrogens (primary N) is 2. The van der Waals surface area contributed by atoms with Gasteiger partial charge in [0.15, 0.2) is 5.92 Å². The Bertz CT molecular complexity index is 115. The second-order valence-electron chi connectivity index (χ2n) is 1.40. The van der Waals surface area contributed by atoms with Gasteiger partial charge in [0.2, 0.25) is 0 Å². The van der Waals surface area contributed by atoms with E-state index in [0.717, 1.165) is 6.92 Å². The SMILES string of the molecule is CC(C(=O)O)C(=O)O.[NH2-].[NH2-].[Pt+2].